The molecule has 0 aliphatic rings. The summed E-state index contributed by atoms with van der Waals surface area (Å²) in [5.41, 5.74) is 0.106. The van der Waals surface area contributed by atoms with Crippen molar-refractivity contribution in [3.63, 3.8) is 0 Å². The van der Waals surface area contributed by atoms with E-state index in [0.717, 1.165) is 0 Å². The van der Waals surface area contributed by atoms with E-state index in [4.69, 9.17) is 25.8 Å². The lowest BCUT2D eigenvalue weighted by Gasteiger charge is -2.30. The minimum atomic E-state index is -5.09. The van der Waals surface area contributed by atoms with Crippen molar-refractivity contribution >= 4 is 34.0 Å². The molecule has 0 spiro atoms. The van der Waals surface area contributed by atoms with Gasteiger partial charge in [-0.05, 0) is 51.8 Å². The van der Waals surface area contributed by atoms with Gasteiger partial charge < -0.3 is 18.8 Å². The predicted octanol–water partition coefficient (Wildman–Crippen LogP) is 2.53. The Bertz CT molecular complexity index is 1180. The first kappa shape index (κ1) is 28.4. The number of rotatable bonds is 9. The molecule has 2 heterocycles. The van der Waals surface area contributed by atoms with E-state index in [1.54, 1.807) is 13.8 Å². The molecule has 0 saturated heterocycles. The van der Waals surface area contributed by atoms with Crippen molar-refractivity contribution in [3.05, 3.63) is 29.1 Å². The summed E-state index contributed by atoms with van der Waals surface area (Å²) in [4.78, 5) is 37.6. The number of hydrogen-bond acceptors (Lipinski definition) is 10. The van der Waals surface area contributed by atoms with Crippen LogP contribution in [0.5, 0.6) is 0 Å². The van der Waals surface area contributed by atoms with Gasteiger partial charge >= 0.3 is 22.4 Å². The maximum absolute atomic E-state index is 12.7. The minimum Gasteiger partial charge on any atom is -0.460 e. The molecule has 194 valence electrons. The van der Waals surface area contributed by atoms with Crippen LogP contribution in [0.4, 0.5) is 4.79 Å². The van der Waals surface area contributed by atoms with Crippen LogP contribution in [0.25, 0.3) is 11.4 Å². The lowest BCUT2D eigenvalue weighted by atomic mass is 10.2. The van der Waals surface area contributed by atoms with E-state index in [1.165, 1.54) is 44.8 Å². The van der Waals surface area contributed by atoms with Crippen LogP contribution in [0.2, 0.25) is 5.28 Å². The molecule has 0 fully saturated rings. The number of imidazole rings is 1. The summed E-state index contributed by atoms with van der Waals surface area (Å²) in [6.45, 7) is 7.30. The predicted molar refractivity (Wildman–Crippen MR) is 124 cm³/mol. The van der Waals surface area contributed by atoms with E-state index >= 15 is 0 Å². The van der Waals surface area contributed by atoms with E-state index in [1.807, 2.05) is 0 Å². The lowest BCUT2D eigenvalue weighted by Crippen LogP contribution is -2.50. The largest absolute Gasteiger partial charge is 0.460 e. The van der Waals surface area contributed by atoms with Crippen LogP contribution in [0.15, 0.2) is 12.4 Å². The van der Waals surface area contributed by atoms with Crippen LogP contribution >= 0.6 is 11.6 Å². The molecule has 13 nitrogen and oxygen atoms in total. The standard InChI is InChI=1S/C20H28ClN5O8S/c1-7-33-17(27)16-23-14(15-12(2)8-22-18(21)24-15)10-25(16)9-13(11-32-6)26(35(29,30)31)19(28)34-20(3,4)5/h8,10,13H,7,9,11H2,1-6H3,(H,29,30,31)/t13-/m1/s1. The third-order valence-electron chi connectivity index (χ3n) is 4.34. The van der Waals surface area contributed by atoms with E-state index in [-0.39, 0.29) is 40.9 Å². The number of carbonyl (C=O) groups is 2. The Hall–Kier alpha value is -2.81. The van der Waals surface area contributed by atoms with Crippen LogP contribution in [0, 0.1) is 6.92 Å². The number of methoxy groups -OCH3 is 1. The van der Waals surface area contributed by atoms with Gasteiger partial charge in [-0.2, -0.15) is 12.7 Å². The highest BCUT2D eigenvalue weighted by atomic mass is 35.5. The second kappa shape index (κ2) is 11.3. The van der Waals surface area contributed by atoms with Crippen molar-refractivity contribution in [1.29, 1.82) is 0 Å². The Morgan fingerprint density at radius 2 is 1.94 bits per heavy atom. The molecule has 0 aliphatic heterocycles. The van der Waals surface area contributed by atoms with Crippen molar-refractivity contribution in [2.45, 2.75) is 52.8 Å². The minimum absolute atomic E-state index is 0.0439. The quantitative estimate of drug-likeness (QED) is 0.286. The molecular formula is C20H28ClN5O8S. The van der Waals surface area contributed by atoms with Crippen LogP contribution < -0.4 is 0 Å². The summed E-state index contributed by atoms with van der Waals surface area (Å²) in [6, 6.07) is -1.32. The van der Waals surface area contributed by atoms with E-state index in [0.29, 0.717) is 11.3 Å². The number of amides is 1. The van der Waals surface area contributed by atoms with Crippen LogP contribution in [0.3, 0.4) is 0 Å². The maximum Gasteiger partial charge on any atom is 0.426 e. The SMILES string of the molecule is CCOC(=O)c1nc(-c2nc(Cl)ncc2C)cn1C[C@H](COC)N(C(=O)OC(C)(C)C)S(=O)(=O)O. The van der Waals surface area contributed by atoms with Gasteiger partial charge in [0.1, 0.15) is 11.3 Å². The zero-order valence-electron chi connectivity index (χ0n) is 20.2. The fourth-order valence-corrected chi connectivity index (χ4v) is 3.92. The first-order valence-electron chi connectivity index (χ1n) is 10.4. The third-order valence-corrected chi connectivity index (χ3v) is 5.47. The Labute approximate surface area is 208 Å². The summed E-state index contributed by atoms with van der Waals surface area (Å²) in [7, 11) is -3.81. The molecule has 35 heavy (non-hydrogen) atoms. The summed E-state index contributed by atoms with van der Waals surface area (Å²) in [5.74, 6) is -1.00. The molecule has 2 rings (SSSR count). The highest BCUT2D eigenvalue weighted by molar-refractivity contribution is 7.84. The molecule has 1 atom stereocenters. The van der Waals surface area contributed by atoms with Gasteiger partial charge in [-0.1, -0.05) is 0 Å². The van der Waals surface area contributed by atoms with Gasteiger partial charge in [0.05, 0.1) is 24.9 Å². The van der Waals surface area contributed by atoms with E-state index in [2.05, 4.69) is 15.0 Å². The zero-order chi connectivity index (χ0) is 26.6. The highest BCUT2D eigenvalue weighted by Crippen LogP contribution is 2.24. The fraction of sp³-hybridized carbons (Fsp3) is 0.550. The van der Waals surface area contributed by atoms with Crippen molar-refractivity contribution in [2.75, 3.05) is 20.3 Å². The molecule has 15 heteroatoms. The molecule has 1 N–H and O–H groups in total. The third kappa shape index (κ3) is 7.59. The molecule has 2 aromatic rings. The van der Waals surface area contributed by atoms with Gasteiger partial charge in [0.2, 0.25) is 11.1 Å². The van der Waals surface area contributed by atoms with Gasteiger partial charge in [-0.25, -0.2) is 24.5 Å². The summed E-state index contributed by atoms with van der Waals surface area (Å²) < 4.78 is 50.9. The Kier molecular flexibility index (Phi) is 9.17. The fourth-order valence-electron chi connectivity index (χ4n) is 3.06. The van der Waals surface area contributed by atoms with Gasteiger partial charge in [0.25, 0.3) is 0 Å². The van der Waals surface area contributed by atoms with Crippen molar-refractivity contribution in [3.8, 4) is 11.4 Å². The number of halogens is 1. The number of hydrogen-bond donors (Lipinski definition) is 1. The molecule has 0 saturated carbocycles. The smallest absolute Gasteiger partial charge is 0.426 e. The van der Waals surface area contributed by atoms with Crippen molar-refractivity contribution in [2.24, 2.45) is 0 Å². The van der Waals surface area contributed by atoms with Crippen LogP contribution in [-0.2, 0) is 31.1 Å². The molecule has 0 bridgehead atoms. The first-order valence-corrected chi connectivity index (χ1v) is 12.2. The number of aromatic nitrogens is 4. The van der Waals surface area contributed by atoms with Gasteiger partial charge in [-0.15, -0.1) is 0 Å². The average molecular weight is 534 g/mol. The Morgan fingerprint density at radius 3 is 2.49 bits per heavy atom. The topological polar surface area (TPSA) is 163 Å². The van der Waals surface area contributed by atoms with Gasteiger partial charge in [0, 0.05) is 26.0 Å². The van der Waals surface area contributed by atoms with Gasteiger partial charge in [0.15, 0.2) is 0 Å². The highest BCUT2D eigenvalue weighted by Gasteiger charge is 2.38. The Morgan fingerprint density at radius 1 is 1.29 bits per heavy atom. The summed E-state index contributed by atoms with van der Waals surface area (Å²) in [6.07, 6.45) is 1.57. The molecule has 0 aromatic carbocycles. The molecule has 1 amide bonds. The maximum atomic E-state index is 12.7. The number of carbonyl (C=O) groups excluding carboxylic acids is 2. The van der Waals surface area contributed by atoms with Crippen LogP contribution in [0.1, 0.15) is 43.9 Å². The van der Waals surface area contributed by atoms with Crippen molar-refractivity contribution in [1.82, 2.24) is 23.8 Å². The lowest BCUT2D eigenvalue weighted by molar-refractivity contribution is 0.0231. The second-order valence-corrected chi connectivity index (χ2v) is 9.98. The first-order chi connectivity index (χ1) is 16.2. The molecule has 0 aliphatic carbocycles. The van der Waals surface area contributed by atoms with E-state index < -0.39 is 34.0 Å². The van der Waals surface area contributed by atoms with Crippen LogP contribution in [-0.4, -0.2) is 80.8 Å². The number of ether oxygens (including phenoxy) is 3. The average Bonchev–Trinajstić information content (AvgIpc) is 3.11. The van der Waals surface area contributed by atoms with Gasteiger partial charge in [-0.3, -0.25) is 4.55 Å². The molecule has 2 aromatic heterocycles. The number of esters is 1. The normalized spacial score (nSPS) is 12.8. The number of nitrogens with zero attached hydrogens (tertiary/aromatic N) is 5. The van der Waals surface area contributed by atoms with E-state index in [9.17, 15) is 22.6 Å². The number of aryl methyl sites for hydroxylation is 1. The molecule has 0 radical (unpaired) electrons. The van der Waals surface area contributed by atoms with Crippen molar-refractivity contribution < 1.29 is 36.8 Å². The molecular weight excluding hydrogens is 506 g/mol. The molecule has 0 unspecified atom stereocenters. The summed E-state index contributed by atoms with van der Waals surface area (Å²) in [5, 5.41) is -0.0439. The summed E-state index contributed by atoms with van der Waals surface area (Å²) >= 11 is 5.91. The monoisotopic (exact) mass is 533 g/mol. The zero-order valence-corrected chi connectivity index (χ0v) is 21.8. The Balaban J connectivity index is 2.60. The second-order valence-electron chi connectivity index (χ2n) is 8.36.